The van der Waals surface area contributed by atoms with Crippen LogP contribution in [-0.4, -0.2) is 4.98 Å². The zero-order valence-corrected chi connectivity index (χ0v) is 8.91. The summed E-state index contributed by atoms with van der Waals surface area (Å²) in [5.74, 6) is 0. The highest BCUT2D eigenvalue weighted by Gasteiger charge is 2.00. The Kier molecular flexibility index (Phi) is 1.89. The van der Waals surface area contributed by atoms with Gasteiger partial charge in [0.15, 0.2) is 0 Å². The van der Waals surface area contributed by atoms with Gasteiger partial charge < -0.3 is 0 Å². The smallest absolute Gasteiger partial charge is 0.0719 e. The largest absolute Gasteiger partial charge is 0.256 e. The molecule has 0 aliphatic rings. The van der Waals surface area contributed by atoms with Crippen molar-refractivity contribution in [2.24, 2.45) is 0 Å². The van der Waals surface area contributed by atoms with E-state index in [-0.39, 0.29) is 0 Å². The van der Waals surface area contributed by atoms with Gasteiger partial charge in [0.05, 0.1) is 5.52 Å². The van der Waals surface area contributed by atoms with Gasteiger partial charge in [0.1, 0.15) is 0 Å². The molecule has 0 bridgehead atoms. The van der Waals surface area contributed by atoms with E-state index in [2.05, 4.69) is 41.9 Å². The molecule has 0 fully saturated rings. The lowest BCUT2D eigenvalue weighted by Crippen LogP contribution is -1.81. The molecule has 0 unspecified atom stereocenters. The summed E-state index contributed by atoms with van der Waals surface area (Å²) >= 11 is 4.31. The molecule has 1 nitrogen and oxygen atoms in total. The molecule has 2 aromatic carbocycles. The van der Waals surface area contributed by atoms with Gasteiger partial charge in [0, 0.05) is 21.9 Å². The SMILES string of the molecule is Sc1ccc2c(c1)ncc1ccccc12. The quantitative estimate of drug-likeness (QED) is 0.442. The minimum absolute atomic E-state index is 0.949. The number of benzene rings is 2. The fraction of sp³-hybridized carbons (Fsp3) is 0. The number of thiol groups is 1. The van der Waals surface area contributed by atoms with Gasteiger partial charge in [0.25, 0.3) is 0 Å². The molecule has 0 saturated heterocycles. The third-order valence-corrected chi connectivity index (χ3v) is 2.85. The minimum atomic E-state index is 0.949. The normalized spacial score (nSPS) is 11.0. The van der Waals surface area contributed by atoms with Gasteiger partial charge in [-0.05, 0) is 17.5 Å². The van der Waals surface area contributed by atoms with Crippen molar-refractivity contribution in [1.82, 2.24) is 4.98 Å². The molecule has 15 heavy (non-hydrogen) atoms. The van der Waals surface area contributed by atoms with Crippen LogP contribution in [0.15, 0.2) is 53.6 Å². The molecule has 3 rings (SSSR count). The van der Waals surface area contributed by atoms with Crippen LogP contribution in [0.25, 0.3) is 21.7 Å². The van der Waals surface area contributed by atoms with Crippen molar-refractivity contribution < 1.29 is 0 Å². The van der Waals surface area contributed by atoms with Gasteiger partial charge in [-0.3, -0.25) is 4.98 Å². The summed E-state index contributed by atoms with van der Waals surface area (Å²) in [5.41, 5.74) is 1.00. The maximum atomic E-state index is 4.42. The van der Waals surface area contributed by atoms with Crippen molar-refractivity contribution >= 4 is 34.3 Å². The number of nitrogens with zero attached hydrogens (tertiary/aromatic N) is 1. The Morgan fingerprint density at radius 1 is 0.933 bits per heavy atom. The predicted molar refractivity (Wildman–Crippen MR) is 66.5 cm³/mol. The van der Waals surface area contributed by atoms with E-state index in [1.807, 2.05) is 24.4 Å². The maximum Gasteiger partial charge on any atom is 0.0719 e. The second-order valence-electron chi connectivity index (χ2n) is 3.55. The zero-order chi connectivity index (χ0) is 10.3. The molecule has 0 saturated carbocycles. The van der Waals surface area contributed by atoms with Gasteiger partial charge in [-0.25, -0.2) is 0 Å². The van der Waals surface area contributed by atoms with Crippen molar-refractivity contribution in [2.75, 3.05) is 0 Å². The summed E-state index contributed by atoms with van der Waals surface area (Å²) in [6, 6.07) is 14.4. The molecule has 0 aliphatic heterocycles. The Morgan fingerprint density at radius 3 is 2.73 bits per heavy atom. The van der Waals surface area contributed by atoms with Crippen molar-refractivity contribution in [3.8, 4) is 0 Å². The Labute approximate surface area is 93.2 Å². The van der Waals surface area contributed by atoms with Gasteiger partial charge in [-0.15, -0.1) is 12.6 Å². The highest BCUT2D eigenvalue weighted by molar-refractivity contribution is 7.80. The van der Waals surface area contributed by atoms with E-state index in [9.17, 15) is 0 Å². The van der Waals surface area contributed by atoms with Crippen LogP contribution in [-0.2, 0) is 0 Å². The van der Waals surface area contributed by atoms with E-state index in [0.29, 0.717) is 0 Å². The number of hydrogen-bond acceptors (Lipinski definition) is 2. The first-order valence-electron chi connectivity index (χ1n) is 4.81. The van der Waals surface area contributed by atoms with Crippen LogP contribution in [0.4, 0.5) is 0 Å². The van der Waals surface area contributed by atoms with Crippen LogP contribution in [0.1, 0.15) is 0 Å². The molecule has 0 amide bonds. The lowest BCUT2D eigenvalue weighted by Gasteiger charge is -2.02. The summed E-state index contributed by atoms with van der Waals surface area (Å²) in [5, 5.41) is 3.61. The topological polar surface area (TPSA) is 12.9 Å². The second kappa shape index (κ2) is 3.24. The fourth-order valence-corrected chi connectivity index (χ4v) is 2.05. The van der Waals surface area contributed by atoms with Crippen LogP contribution >= 0.6 is 12.6 Å². The lowest BCUT2D eigenvalue weighted by molar-refractivity contribution is 1.40. The van der Waals surface area contributed by atoms with Crippen LogP contribution in [0.2, 0.25) is 0 Å². The van der Waals surface area contributed by atoms with Crippen LogP contribution < -0.4 is 0 Å². The van der Waals surface area contributed by atoms with Crippen molar-refractivity contribution in [2.45, 2.75) is 4.90 Å². The number of hydrogen-bond donors (Lipinski definition) is 1. The maximum absolute atomic E-state index is 4.42. The standard InChI is InChI=1S/C13H9NS/c15-10-5-6-12-11-4-2-1-3-9(11)8-14-13(12)7-10/h1-8,15H. The molecule has 0 atom stereocenters. The third kappa shape index (κ3) is 1.38. The van der Waals surface area contributed by atoms with Gasteiger partial charge >= 0.3 is 0 Å². The summed E-state index contributed by atoms with van der Waals surface area (Å²) in [6.45, 7) is 0. The van der Waals surface area contributed by atoms with Crippen molar-refractivity contribution in [1.29, 1.82) is 0 Å². The highest BCUT2D eigenvalue weighted by Crippen LogP contribution is 2.24. The van der Waals surface area contributed by atoms with Gasteiger partial charge in [0.2, 0.25) is 0 Å². The molecule has 2 heteroatoms. The van der Waals surface area contributed by atoms with Crippen LogP contribution in [0.3, 0.4) is 0 Å². The molecular weight excluding hydrogens is 202 g/mol. The lowest BCUT2D eigenvalue weighted by atomic mass is 10.1. The summed E-state index contributed by atoms with van der Waals surface area (Å²) in [4.78, 5) is 5.37. The van der Waals surface area contributed by atoms with Gasteiger partial charge in [-0.1, -0.05) is 30.3 Å². The number of fused-ring (bicyclic) bond motifs is 3. The fourth-order valence-electron chi connectivity index (χ4n) is 1.85. The monoisotopic (exact) mass is 211 g/mol. The van der Waals surface area contributed by atoms with E-state index in [1.54, 1.807) is 0 Å². The Bertz CT molecular complexity index is 646. The molecule has 3 aromatic rings. The third-order valence-electron chi connectivity index (χ3n) is 2.57. The first-order valence-corrected chi connectivity index (χ1v) is 5.26. The minimum Gasteiger partial charge on any atom is -0.256 e. The molecule has 72 valence electrons. The first-order chi connectivity index (χ1) is 7.34. The molecule has 1 aromatic heterocycles. The zero-order valence-electron chi connectivity index (χ0n) is 8.01. The molecule has 0 spiro atoms. The molecule has 1 heterocycles. The van der Waals surface area contributed by atoms with Crippen molar-refractivity contribution in [3.63, 3.8) is 0 Å². The second-order valence-corrected chi connectivity index (χ2v) is 4.06. The molecule has 0 radical (unpaired) electrons. The summed E-state index contributed by atoms with van der Waals surface area (Å²) < 4.78 is 0. The first kappa shape index (κ1) is 8.74. The van der Waals surface area contributed by atoms with E-state index in [0.717, 1.165) is 10.4 Å². The molecule has 0 aliphatic carbocycles. The summed E-state index contributed by atoms with van der Waals surface area (Å²) in [6.07, 6.45) is 1.91. The molecule has 0 N–H and O–H groups in total. The van der Waals surface area contributed by atoms with Crippen LogP contribution in [0.5, 0.6) is 0 Å². The number of pyridine rings is 1. The van der Waals surface area contributed by atoms with E-state index in [1.165, 1.54) is 16.2 Å². The van der Waals surface area contributed by atoms with E-state index >= 15 is 0 Å². The predicted octanol–water partition coefficient (Wildman–Crippen LogP) is 3.68. The van der Waals surface area contributed by atoms with Crippen molar-refractivity contribution in [3.05, 3.63) is 48.7 Å². The number of rotatable bonds is 0. The Morgan fingerprint density at radius 2 is 1.80 bits per heavy atom. The Balaban J connectivity index is 2.55. The average molecular weight is 211 g/mol. The highest BCUT2D eigenvalue weighted by atomic mass is 32.1. The average Bonchev–Trinajstić information content (AvgIpc) is 2.28. The Hall–Kier alpha value is -1.54. The van der Waals surface area contributed by atoms with E-state index in [4.69, 9.17) is 0 Å². The summed E-state index contributed by atoms with van der Waals surface area (Å²) in [7, 11) is 0. The van der Waals surface area contributed by atoms with E-state index < -0.39 is 0 Å². The van der Waals surface area contributed by atoms with Gasteiger partial charge in [-0.2, -0.15) is 0 Å². The molecular formula is C13H9NS. The number of aromatic nitrogens is 1. The van der Waals surface area contributed by atoms with Crippen LogP contribution in [0, 0.1) is 0 Å².